The second-order valence-electron chi connectivity index (χ2n) is 8.94. The molecule has 1 aromatic heterocycles. The third-order valence-corrected chi connectivity index (χ3v) is 7.45. The average molecular weight is 448 g/mol. The molecule has 0 saturated carbocycles. The first-order valence-electron chi connectivity index (χ1n) is 11.5. The summed E-state index contributed by atoms with van der Waals surface area (Å²) < 4.78 is 0. The van der Waals surface area contributed by atoms with Gasteiger partial charge in [0.2, 0.25) is 0 Å². The molecule has 0 spiro atoms. The molecule has 166 valence electrons. The number of likely N-dealkylation sites (tertiary alicyclic amines) is 1. The minimum atomic E-state index is 0.373. The van der Waals surface area contributed by atoms with E-state index in [4.69, 9.17) is 17.3 Å². The molecule has 0 bridgehead atoms. The number of fused-ring (bicyclic) bond motifs is 1. The van der Waals surface area contributed by atoms with E-state index in [9.17, 15) is 0 Å². The number of halogens is 1. The highest BCUT2D eigenvalue weighted by atomic mass is 35.5. The highest BCUT2D eigenvalue weighted by Crippen LogP contribution is 2.34. The van der Waals surface area contributed by atoms with E-state index in [2.05, 4.69) is 63.1 Å². The number of hydrogen-bond acceptors (Lipinski definition) is 5. The first-order chi connectivity index (χ1) is 15.6. The van der Waals surface area contributed by atoms with Crippen LogP contribution >= 0.6 is 11.6 Å². The van der Waals surface area contributed by atoms with Gasteiger partial charge in [0.05, 0.1) is 5.69 Å². The van der Waals surface area contributed by atoms with Crippen LogP contribution in [-0.4, -0.2) is 45.4 Å². The fraction of sp³-hybridized carbons (Fsp3) is 0.385. The third kappa shape index (κ3) is 4.25. The maximum atomic E-state index is 6.11. The molecule has 1 fully saturated rings. The van der Waals surface area contributed by atoms with Crippen LogP contribution in [0.1, 0.15) is 42.6 Å². The maximum absolute atomic E-state index is 6.11. The number of aromatic nitrogens is 2. The first kappa shape index (κ1) is 21.4. The zero-order valence-corrected chi connectivity index (χ0v) is 19.3. The first-order valence-corrected chi connectivity index (χ1v) is 11.9. The van der Waals surface area contributed by atoms with E-state index in [1.165, 1.54) is 29.5 Å². The molecule has 2 aliphatic rings. The van der Waals surface area contributed by atoms with Gasteiger partial charge in [-0.05, 0) is 55.0 Å². The molecule has 2 aromatic carbocycles. The smallest absolute Gasteiger partial charge is 0.130 e. The van der Waals surface area contributed by atoms with Crippen molar-refractivity contribution in [1.82, 2.24) is 19.8 Å². The number of piperidine rings is 1. The number of anilines is 1. The van der Waals surface area contributed by atoms with E-state index in [0.29, 0.717) is 17.9 Å². The summed E-state index contributed by atoms with van der Waals surface area (Å²) in [6.45, 7) is 6.49. The fourth-order valence-corrected chi connectivity index (χ4v) is 5.43. The Bertz CT molecular complexity index is 1080. The lowest BCUT2D eigenvalue weighted by molar-refractivity contribution is 0.0789. The van der Waals surface area contributed by atoms with Gasteiger partial charge < -0.3 is 5.73 Å². The number of nitrogens with two attached hydrogens (primary N) is 1. The van der Waals surface area contributed by atoms with E-state index >= 15 is 0 Å². The Morgan fingerprint density at radius 3 is 2.53 bits per heavy atom. The topological polar surface area (TPSA) is 58.3 Å². The predicted molar refractivity (Wildman–Crippen MR) is 130 cm³/mol. The Labute approximate surface area is 195 Å². The van der Waals surface area contributed by atoms with Crippen LogP contribution < -0.4 is 5.73 Å². The normalized spacial score (nSPS) is 18.9. The van der Waals surface area contributed by atoms with E-state index in [1.54, 1.807) is 6.33 Å². The van der Waals surface area contributed by atoms with Crippen molar-refractivity contribution in [2.45, 2.75) is 44.8 Å². The summed E-state index contributed by atoms with van der Waals surface area (Å²) in [6, 6.07) is 17.9. The van der Waals surface area contributed by atoms with Crippen molar-refractivity contribution < 1.29 is 0 Å². The lowest BCUT2D eigenvalue weighted by Gasteiger charge is -2.42. The molecule has 1 unspecified atom stereocenters. The Hall–Kier alpha value is -2.47. The second-order valence-corrected chi connectivity index (χ2v) is 9.38. The molecule has 2 N–H and O–H groups in total. The summed E-state index contributed by atoms with van der Waals surface area (Å²) in [5, 5.41) is 0.774. The van der Waals surface area contributed by atoms with E-state index < -0.39 is 0 Å². The molecule has 3 heterocycles. The molecular weight excluding hydrogens is 418 g/mol. The van der Waals surface area contributed by atoms with Gasteiger partial charge in [0.25, 0.3) is 0 Å². The van der Waals surface area contributed by atoms with Crippen LogP contribution in [0.15, 0.2) is 54.9 Å². The number of benzene rings is 2. The highest BCUT2D eigenvalue weighted by Gasteiger charge is 2.30. The van der Waals surface area contributed by atoms with Crippen LogP contribution in [0, 0.1) is 0 Å². The van der Waals surface area contributed by atoms with Crippen molar-refractivity contribution >= 4 is 17.4 Å². The monoisotopic (exact) mass is 447 g/mol. The number of hydrogen-bond donors (Lipinski definition) is 1. The van der Waals surface area contributed by atoms with Gasteiger partial charge in [-0.2, -0.15) is 0 Å². The molecule has 1 atom stereocenters. The molecule has 0 radical (unpaired) electrons. The zero-order valence-electron chi connectivity index (χ0n) is 18.5. The number of rotatable bonds is 4. The van der Waals surface area contributed by atoms with Crippen molar-refractivity contribution in [3.63, 3.8) is 0 Å². The van der Waals surface area contributed by atoms with Crippen LogP contribution in [-0.2, 0) is 13.0 Å². The second kappa shape index (κ2) is 9.18. The summed E-state index contributed by atoms with van der Waals surface area (Å²) >= 11 is 6.11. The highest BCUT2D eigenvalue weighted by molar-refractivity contribution is 6.30. The van der Waals surface area contributed by atoms with Crippen molar-refractivity contribution in [1.29, 1.82) is 0 Å². The third-order valence-electron chi connectivity index (χ3n) is 7.20. The predicted octanol–water partition coefficient (Wildman–Crippen LogP) is 4.96. The van der Waals surface area contributed by atoms with Crippen molar-refractivity contribution in [3.05, 3.63) is 76.7 Å². The van der Waals surface area contributed by atoms with Crippen LogP contribution in [0.4, 0.5) is 5.82 Å². The van der Waals surface area contributed by atoms with E-state index in [1.807, 2.05) is 12.1 Å². The SMILES string of the molecule is CC(c1ccccc1-c1ccc(Cl)cc1)N1CCC(N2CCc3c(N)ncnc3C2)CC1. The van der Waals surface area contributed by atoms with Crippen LogP contribution in [0.3, 0.4) is 0 Å². The molecule has 2 aliphatic heterocycles. The molecule has 3 aromatic rings. The molecular formula is C26H30ClN5. The molecule has 32 heavy (non-hydrogen) atoms. The zero-order chi connectivity index (χ0) is 22.1. The summed E-state index contributed by atoms with van der Waals surface area (Å²) in [6.07, 6.45) is 4.92. The van der Waals surface area contributed by atoms with Crippen molar-refractivity contribution in [2.75, 3.05) is 25.4 Å². The Kier molecular flexibility index (Phi) is 6.13. The van der Waals surface area contributed by atoms with Gasteiger partial charge >= 0.3 is 0 Å². The van der Waals surface area contributed by atoms with Gasteiger partial charge in [-0.1, -0.05) is 48.0 Å². The Morgan fingerprint density at radius 1 is 1.00 bits per heavy atom. The summed E-state index contributed by atoms with van der Waals surface area (Å²) in [5.41, 5.74) is 12.2. The van der Waals surface area contributed by atoms with E-state index in [0.717, 1.165) is 48.9 Å². The molecule has 5 rings (SSSR count). The van der Waals surface area contributed by atoms with Gasteiger partial charge in [0.1, 0.15) is 12.1 Å². The standard InChI is InChI=1S/C26H30ClN5/c1-18(22-4-2-3-5-23(22)19-6-8-20(27)9-7-19)31-13-10-21(11-14-31)32-15-12-24-25(16-32)29-17-30-26(24)28/h2-9,17-18,21H,10-16H2,1H3,(H2,28,29,30). The van der Waals surface area contributed by atoms with Crippen molar-refractivity contribution in [2.24, 2.45) is 0 Å². The minimum absolute atomic E-state index is 0.373. The summed E-state index contributed by atoms with van der Waals surface area (Å²) in [7, 11) is 0. The Balaban J connectivity index is 1.26. The molecule has 0 aliphatic carbocycles. The largest absolute Gasteiger partial charge is 0.383 e. The van der Waals surface area contributed by atoms with Crippen molar-refractivity contribution in [3.8, 4) is 11.1 Å². The quantitative estimate of drug-likeness (QED) is 0.612. The van der Waals surface area contributed by atoms with Gasteiger partial charge in [0, 0.05) is 48.8 Å². The van der Waals surface area contributed by atoms with Crippen LogP contribution in [0.5, 0.6) is 0 Å². The van der Waals surface area contributed by atoms with Gasteiger partial charge in [-0.25, -0.2) is 9.97 Å². The van der Waals surface area contributed by atoms with E-state index in [-0.39, 0.29) is 0 Å². The lowest BCUT2D eigenvalue weighted by atomic mass is 9.92. The maximum Gasteiger partial charge on any atom is 0.130 e. The summed E-state index contributed by atoms with van der Waals surface area (Å²) in [5.74, 6) is 0.651. The fourth-order valence-electron chi connectivity index (χ4n) is 5.30. The van der Waals surface area contributed by atoms with Gasteiger partial charge in [-0.3, -0.25) is 9.80 Å². The molecule has 0 amide bonds. The average Bonchev–Trinajstić information content (AvgIpc) is 2.84. The number of nitrogen functional groups attached to an aromatic ring is 1. The minimum Gasteiger partial charge on any atom is -0.383 e. The van der Waals surface area contributed by atoms with Crippen LogP contribution in [0.2, 0.25) is 5.02 Å². The van der Waals surface area contributed by atoms with Crippen LogP contribution in [0.25, 0.3) is 11.1 Å². The molecule has 5 nitrogen and oxygen atoms in total. The molecule has 1 saturated heterocycles. The molecule has 6 heteroatoms. The lowest BCUT2D eigenvalue weighted by Crippen LogP contribution is -2.47. The Morgan fingerprint density at radius 2 is 1.75 bits per heavy atom. The summed E-state index contributed by atoms with van der Waals surface area (Å²) in [4.78, 5) is 13.9. The van der Waals surface area contributed by atoms with Gasteiger partial charge in [-0.15, -0.1) is 0 Å². The number of nitrogens with zero attached hydrogens (tertiary/aromatic N) is 4. The van der Waals surface area contributed by atoms with Gasteiger partial charge in [0.15, 0.2) is 0 Å².